The molecule has 10 heteroatoms. The Balaban J connectivity index is 1.74. The van der Waals surface area contributed by atoms with Crippen molar-refractivity contribution in [2.24, 2.45) is 5.41 Å². The van der Waals surface area contributed by atoms with Crippen LogP contribution in [0.15, 0.2) is 42.5 Å². The second-order valence-electron chi connectivity index (χ2n) is 11.7. The van der Waals surface area contributed by atoms with E-state index in [1.807, 2.05) is 63.2 Å². The molecule has 0 amide bonds. The fourth-order valence-corrected chi connectivity index (χ4v) is 6.28. The largest absolute Gasteiger partial charge is 0.487 e. The molecule has 224 valence electrons. The summed E-state index contributed by atoms with van der Waals surface area (Å²) in [5.41, 5.74) is 0.577. The van der Waals surface area contributed by atoms with Crippen molar-refractivity contribution >= 4 is 13.2 Å². The molecule has 0 bridgehead atoms. The Morgan fingerprint density at radius 2 is 1.15 bits per heavy atom. The first-order chi connectivity index (χ1) is 18.9. The molecule has 0 saturated carbocycles. The van der Waals surface area contributed by atoms with Crippen molar-refractivity contribution in [2.45, 2.75) is 46.7 Å². The minimum Gasteiger partial charge on any atom is -0.487 e. The van der Waals surface area contributed by atoms with Crippen LogP contribution < -0.4 is 23.6 Å². The summed E-state index contributed by atoms with van der Waals surface area (Å²) in [6.07, 6.45) is 0. The van der Waals surface area contributed by atoms with Crippen LogP contribution in [0.1, 0.15) is 41.5 Å². The predicted molar refractivity (Wildman–Crippen MR) is 158 cm³/mol. The Morgan fingerprint density at radius 1 is 0.700 bits per heavy atom. The summed E-state index contributed by atoms with van der Waals surface area (Å²) in [5.74, 6) is 2.42. The summed E-state index contributed by atoms with van der Waals surface area (Å²) in [6, 6.07) is 13.1. The molecule has 1 heterocycles. The number of ether oxygens (including phenoxy) is 6. The fraction of sp³-hybridized carbons (Fsp3) is 0.600. The molecule has 2 aromatic rings. The lowest BCUT2D eigenvalue weighted by Crippen LogP contribution is -2.31. The highest BCUT2D eigenvalue weighted by molar-refractivity contribution is 7.62. The molecule has 0 N–H and O–H groups in total. The Bertz CT molecular complexity index is 1110. The van der Waals surface area contributed by atoms with E-state index < -0.39 is 12.7 Å². The smallest absolute Gasteiger partial charge is 0.301 e. The van der Waals surface area contributed by atoms with E-state index in [9.17, 15) is 4.57 Å². The molecule has 2 aromatic carbocycles. The minimum atomic E-state index is -3.28. The molecule has 0 fully saturated rings. The third-order valence-corrected chi connectivity index (χ3v) is 9.20. The van der Waals surface area contributed by atoms with Crippen LogP contribution in [0.5, 0.6) is 23.0 Å². The van der Waals surface area contributed by atoms with Crippen molar-refractivity contribution in [3.05, 3.63) is 42.5 Å². The third kappa shape index (κ3) is 9.30. The predicted octanol–water partition coefficient (Wildman–Crippen LogP) is 6.44. The van der Waals surface area contributed by atoms with E-state index >= 15 is 0 Å². The normalized spacial score (nSPS) is 17.7. The van der Waals surface area contributed by atoms with Gasteiger partial charge in [0, 0.05) is 18.8 Å². The number of benzene rings is 2. The zero-order valence-electron chi connectivity index (χ0n) is 25.1. The molecule has 1 atom stereocenters. The summed E-state index contributed by atoms with van der Waals surface area (Å²) in [5, 5.41) is -0.608. The summed E-state index contributed by atoms with van der Waals surface area (Å²) >= 11 is 0. The molecule has 1 aliphatic heterocycles. The van der Waals surface area contributed by atoms with E-state index in [-0.39, 0.29) is 5.41 Å². The second-order valence-corrected chi connectivity index (χ2v) is 15.0. The number of rotatable bonds is 4. The summed E-state index contributed by atoms with van der Waals surface area (Å²) in [7, 11) is -1.48. The van der Waals surface area contributed by atoms with Crippen LogP contribution in [-0.4, -0.2) is 71.7 Å². The van der Waals surface area contributed by atoms with Gasteiger partial charge in [0.25, 0.3) is 0 Å². The summed E-state index contributed by atoms with van der Waals surface area (Å²) < 4.78 is 57.4. The standard InChI is InChI=1S/C30H46NO8P/c1-29(2,3)23-39-40(32,30(4,5)6)31(7)24-12-13-27-28(22-24)38-21-17-34-15-19-36-26-11-9-8-10-25(26)35-18-14-33-16-20-37-27/h8-13,22H,14-21,23H2,1-7H3. The Hall–Kier alpha value is -2.45. The van der Waals surface area contributed by atoms with Crippen LogP contribution in [0, 0.1) is 5.41 Å². The molecular formula is C30H46NO8P. The van der Waals surface area contributed by atoms with Crippen LogP contribution in [0.4, 0.5) is 5.69 Å². The summed E-state index contributed by atoms with van der Waals surface area (Å²) in [4.78, 5) is 0. The van der Waals surface area contributed by atoms with Gasteiger partial charge in [0.15, 0.2) is 23.0 Å². The third-order valence-electron chi connectivity index (χ3n) is 6.01. The zero-order valence-corrected chi connectivity index (χ0v) is 26.0. The molecule has 1 aliphatic rings. The highest BCUT2D eigenvalue weighted by Crippen LogP contribution is 2.62. The van der Waals surface area contributed by atoms with E-state index in [0.29, 0.717) is 88.1 Å². The van der Waals surface area contributed by atoms with Gasteiger partial charge in [-0.05, 0) is 50.5 Å². The van der Waals surface area contributed by atoms with Gasteiger partial charge in [0.2, 0.25) is 0 Å². The van der Waals surface area contributed by atoms with Crippen LogP contribution >= 0.6 is 7.52 Å². The van der Waals surface area contributed by atoms with Crippen LogP contribution in [0.2, 0.25) is 0 Å². The average molecular weight is 580 g/mol. The van der Waals surface area contributed by atoms with E-state index in [2.05, 4.69) is 20.8 Å². The van der Waals surface area contributed by atoms with Gasteiger partial charge < -0.3 is 37.6 Å². The van der Waals surface area contributed by atoms with Crippen molar-refractivity contribution in [3.8, 4) is 23.0 Å². The topological polar surface area (TPSA) is 84.9 Å². The Labute approximate surface area is 239 Å². The van der Waals surface area contributed by atoms with E-state index in [1.165, 1.54) is 0 Å². The first-order valence-electron chi connectivity index (χ1n) is 13.8. The van der Waals surface area contributed by atoms with Crippen LogP contribution in [-0.2, 0) is 18.6 Å². The molecule has 40 heavy (non-hydrogen) atoms. The maximum Gasteiger partial charge on any atom is 0.301 e. The number of nitrogens with zero attached hydrogens (tertiary/aromatic N) is 1. The minimum absolute atomic E-state index is 0.130. The monoisotopic (exact) mass is 579 g/mol. The van der Waals surface area contributed by atoms with Gasteiger partial charge in [-0.3, -0.25) is 4.57 Å². The fourth-order valence-electron chi connectivity index (χ4n) is 3.83. The molecule has 0 radical (unpaired) electrons. The number of para-hydroxylation sites is 2. The molecule has 3 rings (SSSR count). The molecule has 0 aromatic heterocycles. The van der Waals surface area contributed by atoms with Gasteiger partial charge in [-0.2, -0.15) is 0 Å². The van der Waals surface area contributed by atoms with Gasteiger partial charge in [-0.15, -0.1) is 0 Å². The van der Waals surface area contributed by atoms with Crippen molar-refractivity contribution in [1.29, 1.82) is 0 Å². The van der Waals surface area contributed by atoms with Crippen molar-refractivity contribution in [2.75, 3.05) is 71.2 Å². The molecule has 0 saturated heterocycles. The van der Waals surface area contributed by atoms with E-state index in [0.717, 1.165) is 0 Å². The maximum absolute atomic E-state index is 14.3. The quantitative estimate of drug-likeness (QED) is 0.380. The highest BCUT2D eigenvalue weighted by Gasteiger charge is 2.43. The van der Waals surface area contributed by atoms with Crippen molar-refractivity contribution in [1.82, 2.24) is 0 Å². The van der Waals surface area contributed by atoms with Crippen molar-refractivity contribution in [3.63, 3.8) is 0 Å². The number of fused-ring (bicyclic) bond motifs is 2. The Kier molecular flexibility index (Phi) is 11.6. The van der Waals surface area contributed by atoms with Crippen LogP contribution in [0.25, 0.3) is 0 Å². The average Bonchev–Trinajstić information content (AvgIpc) is 2.89. The van der Waals surface area contributed by atoms with Gasteiger partial charge in [-0.25, -0.2) is 0 Å². The van der Waals surface area contributed by atoms with Crippen molar-refractivity contribution < 1.29 is 37.5 Å². The Morgan fingerprint density at radius 3 is 1.60 bits per heavy atom. The number of hydrogen-bond donors (Lipinski definition) is 0. The number of hydrogen-bond acceptors (Lipinski definition) is 8. The molecular weight excluding hydrogens is 533 g/mol. The van der Waals surface area contributed by atoms with Gasteiger partial charge in [-0.1, -0.05) is 32.9 Å². The van der Waals surface area contributed by atoms with Gasteiger partial charge >= 0.3 is 7.52 Å². The van der Waals surface area contributed by atoms with E-state index in [4.69, 9.17) is 32.9 Å². The SMILES string of the molecule is CN(c1ccc2c(c1)OCCOCCOc1ccccc1OCCOCCO2)P(=O)(OCC(C)(C)C)C(C)(C)C. The second kappa shape index (κ2) is 14.4. The first kappa shape index (κ1) is 32.1. The lowest BCUT2D eigenvalue weighted by Gasteiger charge is -2.39. The zero-order chi connectivity index (χ0) is 29.2. The molecule has 1 unspecified atom stereocenters. The number of anilines is 1. The van der Waals surface area contributed by atoms with E-state index in [1.54, 1.807) is 11.7 Å². The van der Waals surface area contributed by atoms with Gasteiger partial charge in [0.1, 0.15) is 26.4 Å². The highest BCUT2D eigenvalue weighted by atomic mass is 31.2. The summed E-state index contributed by atoms with van der Waals surface area (Å²) in [6.45, 7) is 15.3. The first-order valence-corrected chi connectivity index (χ1v) is 15.4. The lowest BCUT2D eigenvalue weighted by atomic mass is 9.99. The molecule has 0 aliphatic carbocycles. The molecule has 0 spiro atoms. The lowest BCUT2D eigenvalue weighted by molar-refractivity contribution is 0.0640. The van der Waals surface area contributed by atoms with Gasteiger partial charge in [0.05, 0.1) is 38.2 Å². The molecule has 9 nitrogen and oxygen atoms in total. The van der Waals surface area contributed by atoms with Crippen LogP contribution in [0.3, 0.4) is 0 Å². The maximum atomic E-state index is 14.3.